The average Bonchev–Trinajstić information content (AvgIpc) is 3.17. The predicted molar refractivity (Wildman–Crippen MR) is 104 cm³/mol. The molecular formula is C19H17N9. The summed E-state index contributed by atoms with van der Waals surface area (Å²) in [6, 6.07) is 10.6. The summed E-state index contributed by atoms with van der Waals surface area (Å²) in [6.07, 6.45) is 6.98. The number of hydrogen-bond acceptors (Lipinski definition) is 7. The zero-order valence-electron chi connectivity index (χ0n) is 15.2. The first-order valence-corrected chi connectivity index (χ1v) is 8.99. The molecule has 1 fully saturated rings. The number of hydrogen-bond donors (Lipinski definition) is 2. The van der Waals surface area contributed by atoms with Gasteiger partial charge in [0.1, 0.15) is 18.7 Å². The highest BCUT2D eigenvalue weighted by atomic mass is 15.3. The Bertz CT molecular complexity index is 1200. The third-order valence-electron chi connectivity index (χ3n) is 4.54. The lowest BCUT2D eigenvalue weighted by Crippen LogP contribution is -2.08. The maximum Gasteiger partial charge on any atom is 0.178 e. The van der Waals surface area contributed by atoms with Crippen LogP contribution >= 0.6 is 0 Å². The summed E-state index contributed by atoms with van der Waals surface area (Å²) in [6.45, 7) is 2.02. The minimum atomic E-state index is 0.394. The molecule has 0 atom stereocenters. The van der Waals surface area contributed by atoms with Crippen molar-refractivity contribution in [3.8, 4) is 11.8 Å². The van der Waals surface area contributed by atoms with Gasteiger partial charge in [-0.25, -0.2) is 14.6 Å². The third kappa shape index (κ3) is 3.01. The molecule has 0 spiro atoms. The highest BCUT2D eigenvalue weighted by Gasteiger charge is 2.23. The van der Waals surface area contributed by atoms with Gasteiger partial charge in [-0.05, 0) is 43.5 Å². The smallest absolute Gasteiger partial charge is 0.178 e. The zero-order valence-corrected chi connectivity index (χ0v) is 15.2. The van der Waals surface area contributed by atoms with Crippen LogP contribution in [0.2, 0.25) is 0 Å². The van der Waals surface area contributed by atoms with Crippen LogP contribution in [-0.4, -0.2) is 35.4 Å². The molecule has 0 aliphatic heterocycles. The van der Waals surface area contributed by atoms with E-state index in [1.165, 1.54) is 6.33 Å². The van der Waals surface area contributed by atoms with E-state index in [-0.39, 0.29) is 0 Å². The van der Waals surface area contributed by atoms with Crippen LogP contribution in [0.3, 0.4) is 0 Å². The molecule has 3 aromatic heterocycles. The molecule has 28 heavy (non-hydrogen) atoms. The lowest BCUT2D eigenvalue weighted by molar-refractivity contribution is 0.877. The van der Waals surface area contributed by atoms with Crippen LogP contribution in [0.15, 0.2) is 43.1 Å². The van der Waals surface area contributed by atoms with E-state index in [2.05, 4.69) is 36.9 Å². The average molecular weight is 371 g/mol. The second-order valence-corrected chi connectivity index (χ2v) is 6.87. The van der Waals surface area contributed by atoms with Crippen molar-refractivity contribution in [2.24, 2.45) is 0 Å². The Balaban J connectivity index is 1.55. The van der Waals surface area contributed by atoms with Gasteiger partial charge in [0, 0.05) is 17.8 Å². The molecule has 0 saturated heterocycles. The topological polar surface area (TPSA) is 109 Å². The molecule has 1 saturated carbocycles. The maximum atomic E-state index is 9.36. The van der Waals surface area contributed by atoms with Crippen molar-refractivity contribution in [3.05, 3.63) is 54.4 Å². The van der Waals surface area contributed by atoms with Crippen molar-refractivity contribution in [2.75, 3.05) is 10.6 Å². The molecule has 3 heterocycles. The summed E-state index contributed by atoms with van der Waals surface area (Å²) in [5.41, 5.74) is 4.76. The highest BCUT2D eigenvalue weighted by Crippen LogP contribution is 2.29. The highest BCUT2D eigenvalue weighted by molar-refractivity contribution is 5.74. The number of aromatic nitrogens is 6. The van der Waals surface area contributed by atoms with E-state index >= 15 is 0 Å². The van der Waals surface area contributed by atoms with Crippen molar-refractivity contribution < 1.29 is 0 Å². The van der Waals surface area contributed by atoms with Crippen molar-refractivity contribution in [3.63, 3.8) is 0 Å². The lowest BCUT2D eigenvalue weighted by Gasteiger charge is -2.12. The lowest BCUT2D eigenvalue weighted by atomic mass is 10.2. The summed E-state index contributed by atoms with van der Waals surface area (Å²) in [7, 11) is 0. The van der Waals surface area contributed by atoms with Crippen LogP contribution in [0.4, 0.5) is 17.2 Å². The van der Waals surface area contributed by atoms with Crippen molar-refractivity contribution in [1.29, 1.82) is 5.26 Å². The Morgan fingerprint density at radius 1 is 1.21 bits per heavy atom. The van der Waals surface area contributed by atoms with Crippen LogP contribution in [-0.2, 0) is 0 Å². The molecule has 1 aromatic carbocycles. The number of rotatable bonds is 5. The second-order valence-electron chi connectivity index (χ2n) is 6.87. The van der Waals surface area contributed by atoms with Crippen LogP contribution in [0.1, 0.15) is 24.1 Å². The van der Waals surface area contributed by atoms with Crippen LogP contribution in [0.5, 0.6) is 0 Å². The molecule has 1 aliphatic carbocycles. The number of nitrogens with one attached hydrogen (secondary N) is 2. The van der Waals surface area contributed by atoms with Gasteiger partial charge in [0.25, 0.3) is 0 Å². The fourth-order valence-corrected chi connectivity index (χ4v) is 3.12. The van der Waals surface area contributed by atoms with Crippen LogP contribution < -0.4 is 10.6 Å². The molecule has 0 unspecified atom stereocenters. The largest absolute Gasteiger partial charge is 0.379 e. The van der Waals surface area contributed by atoms with Gasteiger partial charge in [-0.2, -0.15) is 14.9 Å². The first-order chi connectivity index (χ1) is 13.7. The van der Waals surface area contributed by atoms with Gasteiger partial charge in [0.2, 0.25) is 0 Å². The molecule has 1 aliphatic rings. The number of nitriles is 1. The molecule has 0 radical (unpaired) electrons. The van der Waals surface area contributed by atoms with E-state index in [1.54, 1.807) is 21.7 Å². The van der Waals surface area contributed by atoms with Crippen LogP contribution in [0, 0.1) is 18.3 Å². The molecule has 4 aromatic rings. The Morgan fingerprint density at radius 2 is 2.11 bits per heavy atom. The van der Waals surface area contributed by atoms with Crippen molar-refractivity contribution >= 4 is 22.8 Å². The summed E-state index contributed by atoms with van der Waals surface area (Å²) in [5.74, 6) is 0.625. The third-order valence-corrected chi connectivity index (χ3v) is 4.54. The van der Waals surface area contributed by atoms with E-state index < -0.39 is 0 Å². The van der Waals surface area contributed by atoms with E-state index in [0.717, 1.165) is 35.5 Å². The monoisotopic (exact) mass is 371 g/mol. The number of anilines is 3. The summed E-state index contributed by atoms with van der Waals surface area (Å²) in [4.78, 5) is 8.35. The summed E-state index contributed by atoms with van der Waals surface area (Å²) >= 11 is 0. The van der Waals surface area contributed by atoms with Gasteiger partial charge in [-0.1, -0.05) is 0 Å². The molecule has 9 nitrogen and oxygen atoms in total. The maximum absolute atomic E-state index is 9.36. The first kappa shape index (κ1) is 16.3. The molecule has 138 valence electrons. The van der Waals surface area contributed by atoms with E-state index in [1.807, 2.05) is 31.2 Å². The number of benzene rings is 1. The van der Waals surface area contributed by atoms with Crippen molar-refractivity contribution in [2.45, 2.75) is 25.8 Å². The van der Waals surface area contributed by atoms with Gasteiger partial charge in [0.15, 0.2) is 17.2 Å². The Hall–Kier alpha value is -3.93. The number of imidazole rings is 1. The number of nitrogens with zero attached hydrogens (tertiary/aromatic N) is 7. The van der Waals surface area contributed by atoms with Gasteiger partial charge in [0.05, 0.1) is 17.6 Å². The summed E-state index contributed by atoms with van der Waals surface area (Å²) < 4.78 is 3.28. The predicted octanol–water partition coefficient (Wildman–Crippen LogP) is 2.81. The van der Waals surface area contributed by atoms with E-state index in [4.69, 9.17) is 0 Å². The fraction of sp³-hybridized carbons (Fsp3) is 0.211. The molecular weight excluding hydrogens is 354 g/mol. The van der Waals surface area contributed by atoms with Gasteiger partial charge in [-0.15, -0.1) is 5.10 Å². The Morgan fingerprint density at radius 3 is 2.86 bits per heavy atom. The van der Waals surface area contributed by atoms with Gasteiger partial charge < -0.3 is 10.6 Å². The van der Waals surface area contributed by atoms with Gasteiger partial charge >= 0.3 is 0 Å². The summed E-state index contributed by atoms with van der Waals surface area (Å²) in [5, 5.41) is 24.9. The molecule has 0 amide bonds. The second kappa shape index (κ2) is 6.35. The molecule has 0 bridgehead atoms. The first-order valence-electron chi connectivity index (χ1n) is 8.99. The van der Waals surface area contributed by atoms with Gasteiger partial charge in [-0.3, -0.25) is 0 Å². The quantitative estimate of drug-likeness (QED) is 0.555. The van der Waals surface area contributed by atoms with E-state index in [9.17, 15) is 5.26 Å². The fourth-order valence-electron chi connectivity index (χ4n) is 3.12. The molecule has 2 N–H and O–H groups in total. The Labute approximate surface area is 160 Å². The van der Waals surface area contributed by atoms with E-state index in [0.29, 0.717) is 23.2 Å². The minimum absolute atomic E-state index is 0.394. The SMILES string of the molecule is Cc1cc(Nc2cc(NC3CC3)c3ncc(C#N)n3n2)cc(-n2cncn2)c1. The minimum Gasteiger partial charge on any atom is -0.379 e. The van der Waals surface area contributed by atoms with Crippen LogP contribution in [0.25, 0.3) is 11.3 Å². The normalized spacial score (nSPS) is 13.4. The molecule has 5 rings (SSSR count). The van der Waals surface area contributed by atoms with Crippen molar-refractivity contribution in [1.82, 2.24) is 29.4 Å². The molecule has 9 heteroatoms. The Kier molecular flexibility index (Phi) is 3.69. The zero-order chi connectivity index (χ0) is 19.1. The number of aryl methyl sites for hydroxylation is 1. The standard InChI is InChI=1S/C19H17N9/c1-12-4-14(6-15(5-12)27-11-21-10-23-27)25-18-7-17(24-13-2-3-13)19-22-9-16(8-20)28(19)26-18/h4-7,9-11,13,24H,2-3H2,1H3,(H,25,26). The number of fused-ring (bicyclic) bond motifs is 1.